The molecule has 1 unspecified atom stereocenters. The smallest absolute Gasteiger partial charge is 0.122 e. The van der Waals surface area contributed by atoms with Crippen LogP contribution < -0.4 is 16.0 Å². The van der Waals surface area contributed by atoms with Gasteiger partial charge >= 0.3 is 0 Å². The molecule has 1 saturated carbocycles. The first-order chi connectivity index (χ1) is 9.72. The minimum Gasteiger partial charge on any atom is -0.496 e. The van der Waals surface area contributed by atoms with E-state index in [9.17, 15) is 0 Å². The van der Waals surface area contributed by atoms with Crippen LogP contribution in [-0.2, 0) is 6.42 Å². The number of benzene rings is 1. The van der Waals surface area contributed by atoms with Crippen molar-refractivity contribution in [2.45, 2.75) is 50.3 Å². The van der Waals surface area contributed by atoms with Crippen molar-refractivity contribution in [2.75, 3.05) is 12.9 Å². The maximum atomic E-state index is 5.73. The largest absolute Gasteiger partial charge is 0.496 e. The van der Waals surface area contributed by atoms with E-state index < -0.39 is 0 Å². The molecule has 1 fully saturated rings. The van der Waals surface area contributed by atoms with E-state index in [-0.39, 0.29) is 0 Å². The van der Waals surface area contributed by atoms with Crippen LogP contribution in [0.15, 0.2) is 18.2 Å². The zero-order valence-electron chi connectivity index (χ0n) is 12.5. The average molecular weight is 294 g/mol. The van der Waals surface area contributed by atoms with E-state index in [0.29, 0.717) is 6.04 Å². The molecule has 1 aliphatic rings. The summed E-state index contributed by atoms with van der Waals surface area (Å²) in [4.78, 5) is 0. The molecule has 1 aliphatic carbocycles. The standard InChI is InChI=1S/C16H26N2OS/c1-12-7-8-16(19-2)13(9-12)10-14(18-17)11-20-15-5-3-4-6-15/h7-9,14-15,18H,3-6,10-11,17H2,1-2H3. The van der Waals surface area contributed by atoms with Crippen LogP contribution in [0.25, 0.3) is 0 Å². The second kappa shape index (κ2) is 7.91. The Balaban J connectivity index is 1.92. The molecular weight excluding hydrogens is 268 g/mol. The molecule has 0 aliphatic heterocycles. The minimum atomic E-state index is 0.302. The van der Waals surface area contributed by atoms with E-state index in [0.717, 1.165) is 23.2 Å². The quantitative estimate of drug-likeness (QED) is 0.599. The Kier molecular flexibility index (Phi) is 6.20. The molecule has 0 amide bonds. The Morgan fingerprint density at radius 2 is 2.15 bits per heavy atom. The average Bonchev–Trinajstić information content (AvgIpc) is 2.97. The fourth-order valence-electron chi connectivity index (χ4n) is 2.81. The predicted molar refractivity (Wildman–Crippen MR) is 87.3 cm³/mol. The molecule has 0 saturated heterocycles. The van der Waals surface area contributed by atoms with Gasteiger partial charge in [0.05, 0.1) is 7.11 Å². The van der Waals surface area contributed by atoms with Crippen LogP contribution in [0.4, 0.5) is 0 Å². The molecule has 1 atom stereocenters. The SMILES string of the molecule is COc1ccc(C)cc1CC(CSC1CCCC1)NN. The molecule has 4 heteroatoms. The fraction of sp³-hybridized carbons (Fsp3) is 0.625. The highest BCUT2D eigenvalue weighted by molar-refractivity contribution is 7.99. The van der Waals surface area contributed by atoms with Gasteiger partial charge in [-0.15, -0.1) is 0 Å². The number of methoxy groups -OCH3 is 1. The molecule has 3 nitrogen and oxygen atoms in total. The highest BCUT2D eigenvalue weighted by atomic mass is 32.2. The van der Waals surface area contributed by atoms with Crippen LogP contribution in [-0.4, -0.2) is 24.2 Å². The number of nitrogens with one attached hydrogen (secondary N) is 1. The van der Waals surface area contributed by atoms with E-state index in [1.807, 2.05) is 6.07 Å². The van der Waals surface area contributed by atoms with Gasteiger partial charge in [-0.3, -0.25) is 11.3 Å². The summed E-state index contributed by atoms with van der Waals surface area (Å²) in [5.41, 5.74) is 5.47. The van der Waals surface area contributed by atoms with Crippen molar-refractivity contribution in [3.63, 3.8) is 0 Å². The van der Waals surface area contributed by atoms with Gasteiger partial charge in [0.1, 0.15) is 5.75 Å². The summed E-state index contributed by atoms with van der Waals surface area (Å²) in [5.74, 6) is 7.76. The van der Waals surface area contributed by atoms with Crippen LogP contribution in [0.3, 0.4) is 0 Å². The zero-order chi connectivity index (χ0) is 14.4. The number of thioether (sulfide) groups is 1. The van der Waals surface area contributed by atoms with Gasteiger partial charge in [-0.1, -0.05) is 30.5 Å². The number of hydrazine groups is 1. The lowest BCUT2D eigenvalue weighted by molar-refractivity contribution is 0.406. The van der Waals surface area contributed by atoms with Gasteiger partial charge in [-0.25, -0.2) is 0 Å². The third-order valence-electron chi connectivity index (χ3n) is 3.97. The van der Waals surface area contributed by atoms with Gasteiger partial charge in [0.15, 0.2) is 0 Å². The third-order valence-corrected chi connectivity index (χ3v) is 5.51. The molecule has 0 aromatic heterocycles. The Labute approximate surface area is 126 Å². The normalized spacial score (nSPS) is 17.4. The molecule has 0 radical (unpaired) electrons. The Morgan fingerprint density at radius 1 is 1.40 bits per heavy atom. The van der Waals surface area contributed by atoms with Crippen molar-refractivity contribution < 1.29 is 4.74 Å². The number of ether oxygens (including phenoxy) is 1. The summed E-state index contributed by atoms with van der Waals surface area (Å²) >= 11 is 2.07. The number of aryl methyl sites for hydroxylation is 1. The summed E-state index contributed by atoms with van der Waals surface area (Å²) in [6.45, 7) is 2.11. The van der Waals surface area contributed by atoms with Crippen molar-refractivity contribution in [1.82, 2.24) is 5.43 Å². The summed E-state index contributed by atoms with van der Waals surface area (Å²) < 4.78 is 5.45. The van der Waals surface area contributed by atoms with Crippen LogP contribution in [0.5, 0.6) is 5.75 Å². The lowest BCUT2D eigenvalue weighted by Gasteiger charge is -2.19. The van der Waals surface area contributed by atoms with Crippen molar-refractivity contribution in [3.8, 4) is 5.75 Å². The fourth-order valence-corrected chi connectivity index (χ4v) is 4.19. The third kappa shape index (κ3) is 4.40. The first kappa shape index (κ1) is 15.7. The molecule has 0 bridgehead atoms. The van der Waals surface area contributed by atoms with Gasteiger partial charge < -0.3 is 4.74 Å². The van der Waals surface area contributed by atoms with E-state index in [1.54, 1.807) is 7.11 Å². The Morgan fingerprint density at radius 3 is 2.80 bits per heavy atom. The predicted octanol–water partition coefficient (Wildman–Crippen LogP) is 3.05. The highest BCUT2D eigenvalue weighted by Gasteiger charge is 2.18. The maximum absolute atomic E-state index is 5.73. The lowest BCUT2D eigenvalue weighted by atomic mass is 10.0. The molecule has 20 heavy (non-hydrogen) atoms. The second-order valence-corrected chi connectivity index (χ2v) is 6.96. The maximum Gasteiger partial charge on any atom is 0.122 e. The Hall–Kier alpha value is -0.710. The molecule has 1 aromatic rings. The zero-order valence-corrected chi connectivity index (χ0v) is 13.3. The van der Waals surface area contributed by atoms with Crippen LogP contribution in [0.1, 0.15) is 36.8 Å². The van der Waals surface area contributed by atoms with Gasteiger partial charge in [0.25, 0.3) is 0 Å². The van der Waals surface area contributed by atoms with E-state index >= 15 is 0 Å². The number of hydrogen-bond acceptors (Lipinski definition) is 4. The molecular formula is C16H26N2OS. The van der Waals surface area contributed by atoms with E-state index in [4.69, 9.17) is 10.6 Å². The number of rotatable bonds is 7. The molecule has 0 spiro atoms. The second-order valence-electron chi connectivity index (χ2n) is 5.62. The van der Waals surface area contributed by atoms with Crippen LogP contribution >= 0.6 is 11.8 Å². The van der Waals surface area contributed by atoms with Gasteiger partial charge in [-0.2, -0.15) is 11.8 Å². The highest BCUT2D eigenvalue weighted by Crippen LogP contribution is 2.30. The van der Waals surface area contributed by atoms with Crippen LogP contribution in [0, 0.1) is 6.92 Å². The number of hydrogen-bond donors (Lipinski definition) is 2. The summed E-state index contributed by atoms with van der Waals surface area (Å²) in [6.07, 6.45) is 6.45. The first-order valence-electron chi connectivity index (χ1n) is 7.44. The molecule has 112 valence electrons. The first-order valence-corrected chi connectivity index (χ1v) is 8.49. The molecule has 1 aromatic carbocycles. The lowest BCUT2D eigenvalue weighted by Crippen LogP contribution is -2.39. The van der Waals surface area contributed by atoms with E-state index in [1.165, 1.54) is 36.8 Å². The van der Waals surface area contributed by atoms with Crippen LogP contribution in [0.2, 0.25) is 0 Å². The topological polar surface area (TPSA) is 47.3 Å². The van der Waals surface area contributed by atoms with E-state index in [2.05, 4.69) is 36.2 Å². The van der Waals surface area contributed by atoms with Gasteiger partial charge in [0.2, 0.25) is 0 Å². The van der Waals surface area contributed by atoms with Gasteiger partial charge in [0, 0.05) is 17.0 Å². The van der Waals surface area contributed by atoms with Crippen molar-refractivity contribution in [3.05, 3.63) is 29.3 Å². The monoisotopic (exact) mass is 294 g/mol. The van der Waals surface area contributed by atoms with Crippen molar-refractivity contribution in [1.29, 1.82) is 0 Å². The summed E-state index contributed by atoms with van der Waals surface area (Å²) in [5, 5.41) is 0.838. The van der Waals surface area contributed by atoms with Crippen molar-refractivity contribution in [2.24, 2.45) is 5.84 Å². The van der Waals surface area contributed by atoms with Crippen molar-refractivity contribution >= 4 is 11.8 Å². The number of nitrogens with two attached hydrogens (primary N) is 1. The summed E-state index contributed by atoms with van der Waals surface area (Å²) in [6, 6.07) is 6.63. The molecule has 2 rings (SSSR count). The van der Waals surface area contributed by atoms with Gasteiger partial charge in [-0.05, 0) is 37.8 Å². The Bertz CT molecular complexity index is 419. The minimum absolute atomic E-state index is 0.302. The molecule has 3 N–H and O–H groups in total. The molecule has 0 heterocycles. The summed E-state index contributed by atoms with van der Waals surface area (Å²) in [7, 11) is 1.73.